The van der Waals surface area contributed by atoms with E-state index in [1.54, 1.807) is 31.6 Å². The molecule has 0 spiro atoms. The minimum absolute atomic E-state index is 0.00154. The molecule has 13 nitrogen and oxygen atoms in total. The zero-order chi connectivity index (χ0) is 42.3. The summed E-state index contributed by atoms with van der Waals surface area (Å²) >= 11 is 8.29. The standard InChI is InChI=1S/C46H47ClN6O7S/c1-29-33(12-13-37(42(29)47)58-25-22-53-20-18-52(2)19-21-53)40-41-39(27-49-43(40)30-15-23-57-24-16-30)61-51-45(41)60-38(46(54)55)26-31-8-4-6-10-35(31)59-28-32-14-17-48-44(50-32)34-9-5-7-11-36(34)56-3/h4-15,17,27,38H,16,18-26,28H2,1-3H3,(H,54,55). The van der Waals surface area contributed by atoms with Crippen molar-refractivity contribution >= 4 is 44.8 Å². The number of nitrogens with zero attached hydrogens (tertiary/aromatic N) is 6. The van der Waals surface area contributed by atoms with Gasteiger partial charge in [-0.15, -0.1) is 0 Å². The molecule has 1 atom stereocenters. The maximum Gasteiger partial charge on any atom is 0.345 e. The number of aromatic nitrogens is 4. The minimum Gasteiger partial charge on any atom is -0.496 e. The number of hydrogen-bond donors (Lipinski definition) is 1. The summed E-state index contributed by atoms with van der Waals surface area (Å²) in [5, 5.41) is 11.8. The van der Waals surface area contributed by atoms with Gasteiger partial charge in [0.1, 0.15) is 30.5 Å². The van der Waals surface area contributed by atoms with Gasteiger partial charge >= 0.3 is 5.97 Å². The van der Waals surface area contributed by atoms with Gasteiger partial charge in [0.15, 0.2) is 5.82 Å². The normalized spacial score (nSPS) is 15.3. The van der Waals surface area contributed by atoms with Gasteiger partial charge in [-0.05, 0) is 84.5 Å². The first-order valence-electron chi connectivity index (χ1n) is 20.2. The van der Waals surface area contributed by atoms with Gasteiger partial charge in [-0.3, -0.25) is 9.88 Å². The topological polar surface area (TPSA) is 141 Å². The predicted molar refractivity (Wildman–Crippen MR) is 236 cm³/mol. The third kappa shape index (κ3) is 9.64. The molecule has 1 fully saturated rings. The molecule has 316 valence electrons. The van der Waals surface area contributed by atoms with Crippen LogP contribution in [0.15, 0.2) is 85.2 Å². The number of carbonyl (C=O) groups is 1. The number of likely N-dealkylation sites (N-methyl/N-ethyl adjacent to an activating group) is 1. The van der Waals surface area contributed by atoms with Crippen molar-refractivity contribution in [2.24, 2.45) is 0 Å². The van der Waals surface area contributed by atoms with Gasteiger partial charge in [-0.25, -0.2) is 14.8 Å². The first-order chi connectivity index (χ1) is 29.8. The van der Waals surface area contributed by atoms with Gasteiger partial charge in [-0.2, -0.15) is 4.37 Å². The number of fused-ring (bicyclic) bond motifs is 1. The van der Waals surface area contributed by atoms with Crippen LogP contribution >= 0.6 is 23.1 Å². The second-order valence-electron chi connectivity index (χ2n) is 14.9. The number of pyridine rings is 1. The number of ether oxygens (including phenoxy) is 5. The van der Waals surface area contributed by atoms with Crippen molar-refractivity contribution in [2.75, 3.05) is 66.7 Å². The minimum atomic E-state index is -1.31. The predicted octanol–water partition coefficient (Wildman–Crippen LogP) is 7.87. The lowest BCUT2D eigenvalue weighted by molar-refractivity contribution is -0.145. The molecule has 1 N–H and O–H groups in total. The van der Waals surface area contributed by atoms with Crippen molar-refractivity contribution in [3.8, 4) is 45.6 Å². The molecule has 0 saturated carbocycles. The molecule has 2 aliphatic heterocycles. The fraction of sp³-hybridized carbons (Fsp3) is 0.326. The first kappa shape index (κ1) is 42.1. The highest BCUT2D eigenvalue weighted by molar-refractivity contribution is 7.13. The van der Waals surface area contributed by atoms with Crippen LogP contribution in [-0.4, -0.2) is 113 Å². The number of aliphatic carboxylic acids is 1. The number of carboxylic acid groups (broad SMARTS) is 1. The summed E-state index contributed by atoms with van der Waals surface area (Å²) in [6, 6.07) is 20.5. The van der Waals surface area contributed by atoms with E-state index >= 15 is 0 Å². The van der Waals surface area contributed by atoms with Crippen molar-refractivity contribution in [2.45, 2.75) is 32.5 Å². The lowest BCUT2D eigenvalue weighted by Crippen LogP contribution is -2.45. The SMILES string of the molecule is COc1ccccc1-c1nccc(COc2ccccc2CC(Oc2nsc3cnc(C4=CCOCC4)c(-c4ccc(OCCN5CCN(C)CC5)c(Cl)c4C)c23)C(=O)O)n1. The van der Waals surface area contributed by atoms with Crippen LogP contribution in [-0.2, 0) is 22.6 Å². The number of benzene rings is 3. The van der Waals surface area contributed by atoms with Gasteiger partial charge in [0.25, 0.3) is 0 Å². The van der Waals surface area contributed by atoms with E-state index in [-0.39, 0.29) is 18.9 Å². The van der Waals surface area contributed by atoms with Gasteiger partial charge in [0, 0.05) is 57.1 Å². The molecule has 0 radical (unpaired) electrons. The lowest BCUT2D eigenvalue weighted by atomic mass is 9.92. The number of halogens is 1. The summed E-state index contributed by atoms with van der Waals surface area (Å²) in [5.41, 5.74) is 6.20. The maximum absolute atomic E-state index is 13.0. The van der Waals surface area contributed by atoms with E-state index in [4.69, 9.17) is 45.3 Å². The van der Waals surface area contributed by atoms with E-state index in [2.05, 4.69) is 26.2 Å². The molecule has 2 aliphatic rings. The molecule has 3 aromatic heterocycles. The number of para-hydroxylation sites is 2. The van der Waals surface area contributed by atoms with Crippen molar-refractivity contribution in [3.05, 3.63) is 113 Å². The Hall–Kier alpha value is -5.64. The number of carboxylic acids is 1. The number of rotatable bonds is 16. The molecule has 1 saturated heterocycles. The van der Waals surface area contributed by atoms with Crippen LogP contribution < -0.4 is 18.9 Å². The molecule has 0 amide bonds. The molecular weight excluding hydrogens is 816 g/mol. The highest BCUT2D eigenvalue weighted by Crippen LogP contribution is 2.45. The molecule has 15 heteroatoms. The molecule has 61 heavy (non-hydrogen) atoms. The zero-order valence-corrected chi connectivity index (χ0v) is 35.9. The van der Waals surface area contributed by atoms with Gasteiger partial charge < -0.3 is 33.7 Å². The number of piperazine rings is 1. The Morgan fingerprint density at radius 1 is 0.967 bits per heavy atom. The molecule has 3 aromatic carbocycles. The van der Waals surface area contributed by atoms with E-state index in [9.17, 15) is 9.90 Å². The van der Waals surface area contributed by atoms with Crippen LogP contribution in [0, 0.1) is 6.92 Å². The van der Waals surface area contributed by atoms with Gasteiger partial charge in [0.05, 0.1) is 52.4 Å². The van der Waals surface area contributed by atoms with E-state index in [0.717, 1.165) is 70.9 Å². The number of methoxy groups -OCH3 is 1. The van der Waals surface area contributed by atoms with Crippen LogP contribution in [0.1, 0.15) is 28.9 Å². The van der Waals surface area contributed by atoms with E-state index < -0.39 is 12.1 Å². The molecule has 8 rings (SSSR count). The summed E-state index contributed by atoms with van der Waals surface area (Å²) in [7, 11) is 3.75. The Morgan fingerprint density at radius 2 is 1.77 bits per heavy atom. The van der Waals surface area contributed by atoms with E-state index in [1.165, 1.54) is 11.5 Å². The van der Waals surface area contributed by atoms with Crippen molar-refractivity contribution in [3.63, 3.8) is 0 Å². The average Bonchev–Trinajstić information content (AvgIpc) is 3.70. The highest BCUT2D eigenvalue weighted by Gasteiger charge is 2.29. The zero-order valence-electron chi connectivity index (χ0n) is 34.3. The van der Waals surface area contributed by atoms with Crippen LogP contribution in [0.2, 0.25) is 5.02 Å². The van der Waals surface area contributed by atoms with Crippen molar-refractivity contribution in [1.29, 1.82) is 0 Å². The summed E-state index contributed by atoms with van der Waals surface area (Å²) in [5.74, 6) is 1.33. The quantitative estimate of drug-likeness (QED) is 0.101. The fourth-order valence-corrected chi connectivity index (χ4v) is 8.47. The van der Waals surface area contributed by atoms with E-state index in [0.29, 0.717) is 71.0 Å². The van der Waals surface area contributed by atoms with Crippen LogP contribution in [0.25, 0.3) is 38.2 Å². The second kappa shape index (κ2) is 19.4. The fourth-order valence-electron chi connectivity index (χ4n) is 7.55. The van der Waals surface area contributed by atoms with Crippen molar-refractivity contribution in [1.82, 2.24) is 29.1 Å². The number of hydrogen-bond acceptors (Lipinski definition) is 13. The Balaban J connectivity index is 1.07. The lowest BCUT2D eigenvalue weighted by Gasteiger charge is -2.32. The molecule has 6 aromatic rings. The molecule has 1 unspecified atom stereocenters. The maximum atomic E-state index is 13.0. The third-order valence-corrected chi connectivity index (χ3v) is 12.2. The summed E-state index contributed by atoms with van der Waals surface area (Å²) < 4.78 is 35.6. The summed E-state index contributed by atoms with van der Waals surface area (Å²) in [6.07, 6.45) is 4.83. The summed E-state index contributed by atoms with van der Waals surface area (Å²) in [4.78, 5) is 31.8. The Kier molecular flexibility index (Phi) is 13.4. The van der Waals surface area contributed by atoms with Gasteiger partial charge in [-0.1, -0.05) is 54.1 Å². The summed E-state index contributed by atoms with van der Waals surface area (Å²) in [6.45, 7) is 8.51. The van der Waals surface area contributed by atoms with Crippen LogP contribution in [0.4, 0.5) is 0 Å². The van der Waals surface area contributed by atoms with Crippen LogP contribution in [0.5, 0.6) is 23.1 Å². The van der Waals surface area contributed by atoms with E-state index in [1.807, 2.05) is 67.6 Å². The Morgan fingerprint density at radius 3 is 2.56 bits per heavy atom. The Labute approximate surface area is 363 Å². The average molecular weight is 863 g/mol. The van der Waals surface area contributed by atoms with Crippen molar-refractivity contribution < 1.29 is 33.6 Å². The second-order valence-corrected chi connectivity index (χ2v) is 16.1. The third-order valence-electron chi connectivity index (χ3n) is 11.0. The smallest absolute Gasteiger partial charge is 0.345 e. The van der Waals surface area contributed by atoms with Crippen LogP contribution in [0.3, 0.4) is 0 Å². The van der Waals surface area contributed by atoms with Gasteiger partial charge in [0.2, 0.25) is 12.0 Å². The highest BCUT2D eigenvalue weighted by atomic mass is 35.5. The Bertz CT molecular complexity index is 2540. The first-order valence-corrected chi connectivity index (χ1v) is 21.4. The monoisotopic (exact) mass is 862 g/mol. The molecular formula is C46H47ClN6O7S. The molecule has 0 bridgehead atoms. The molecule has 5 heterocycles. The largest absolute Gasteiger partial charge is 0.496 e. The molecule has 0 aliphatic carbocycles.